The first-order chi connectivity index (χ1) is 10.8. The van der Waals surface area contributed by atoms with Gasteiger partial charge in [-0.25, -0.2) is 0 Å². The molecule has 2 N–H and O–H groups in total. The summed E-state index contributed by atoms with van der Waals surface area (Å²) < 4.78 is 0. The summed E-state index contributed by atoms with van der Waals surface area (Å²) >= 11 is 0. The van der Waals surface area contributed by atoms with Crippen molar-refractivity contribution in [2.45, 2.75) is 25.2 Å². The molecule has 2 aromatic rings. The number of hydrogen-bond donors (Lipinski definition) is 1. The van der Waals surface area contributed by atoms with Gasteiger partial charge in [-0.15, -0.1) is 0 Å². The van der Waals surface area contributed by atoms with Crippen LogP contribution in [0, 0.1) is 5.92 Å². The van der Waals surface area contributed by atoms with Crippen molar-refractivity contribution >= 4 is 16.8 Å². The van der Waals surface area contributed by atoms with Crippen molar-refractivity contribution in [3.63, 3.8) is 0 Å². The molecule has 1 atom stereocenters. The van der Waals surface area contributed by atoms with Crippen molar-refractivity contribution < 1.29 is 4.79 Å². The van der Waals surface area contributed by atoms with Crippen LogP contribution in [0.15, 0.2) is 30.3 Å². The molecule has 4 nitrogen and oxygen atoms in total. The fourth-order valence-electron chi connectivity index (χ4n) is 3.34. The van der Waals surface area contributed by atoms with Gasteiger partial charge in [0.25, 0.3) is 5.91 Å². The van der Waals surface area contributed by atoms with E-state index in [1.165, 1.54) is 12.8 Å². The van der Waals surface area contributed by atoms with Gasteiger partial charge in [-0.05, 0) is 43.9 Å². The lowest BCUT2D eigenvalue weighted by atomic mass is 10.0. The average Bonchev–Trinajstić information content (AvgIpc) is 3.30. The van der Waals surface area contributed by atoms with Gasteiger partial charge in [-0.3, -0.25) is 9.78 Å². The number of nitrogens with zero attached hydrogens (tertiary/aromatic N) is 2. The zero-order chi connectivity index (χ0) is 15.1. The van der Waals surface area contributed by atoms with Gasteiger partial charge in [-0.1, -0.05) is 18.2 Å². The molecule has 0 spiro atoms. The van der Waals surface area contributed by atoms with Crippen molar-refractivity contribution in [3.8, 4) is 0 Å². The van der Waals surface area contributed by atoms with E-state index in [1.807, 2.05) is 35.2 Å². The standard InChI is InChI=1S/C18H21N3O/c19-10-12-7-8-21(11-12)18(22)15-9-17(13-5-6-13)20-16-4-2-1-3-14(15)16/h1-4,9,12-13H,5-8,10-11,19H2. The molecule has 1 amide bonds. The van der Waals surface area contributed by atoms with Gasteiger partial charge >= 0.3 is 0 Å². The summed E-state index contributed by atoms with van der Waals surface area (Å²) in [6, 6.07) is 10.00. The second kappa shape index (κ2) is 5.36. The molecule has 2 heterocycles. The first-order valence-electron chi connectivity index (χ1n) is 8.15. The predicted octanol–water partition coefficient (Wildman–Crippen LogP) is 2.53. The highest BCUT2D eigenvalue weighted by Gasteiger charge is 2.30. The third-order valence-corrected chi connectivity index (χ3v) is 4.87. The molecule has 1 aromatic heterocycles. The zero-order valence-corrected chi connectivity index (χ0v) is 12.7. The molecule has 4 heteroatoms. The highest BCUT2D eigenvalue weighted by atomic mass is 16.2. The Morgan fingerprint density at radius 2 is 2.09 bits per heavy atom. The molecule has 2 aliphatic rings. The van der Waals surface area contributed by atoms with Crippen LogP contribution in [0.25, 0.3) is 10.9 Å². The topological polar surface area (TPSA) is 59.2 Å². The smallest absolute Gasteiger partial charge is 0.254 e. The fourth-order valence-corrected chi connectivity index (χ4v) is 3.34. The van der Waals surface area contributed by atoms with Gasteiger partial charge in [0, 0.05) is 30.1 Å². The van der Waals surface area contributed by atoms with Crippen LogP contribution in [0.5, 0.6) is 0 Å². The Labute approximate surface area is 130 Å². The van der Waals surface area contributed by atoms with Gasteiger partial charge < -0.3 is 10.6 Å². The number of benzene rings is 1. The first kappa shape index (κ1) is 13.7. The first-order valence-corrected chi connectivity index (χ1v) is 8.15. The molecule has 0 radical (unpaired) electrons. The molecule has 1 aliphatic heterocycles. The van der Waals surface area contributed by atoms with Crippen LogP contribution in [0.3, 0.4) is 0 Å². The third kappa shape index (κ3) is 2.37. The molecule has 1 aliphatic carbocycles. The van der Waals surface area contributed by atoms with E-state index in [1.54, 1.807) is 0 Å². The lowest BCUT2D eigenvalue weighted by Crippen LogP contribution is -2.30. The normalized spacial score (nSPS) is 21.5. The van der Waals surface area contributed by atoms with Crippen molar-refractivity contribution in [1.82, 2.24) is 9.88 Å². The molecule has 2 fully saturated rings. The number of amides is 1. The van der Waals surface area contributed by atoms with E-state index in [0.717, 1.165) is 41.7 Å². The van der Waals surface area contributed by atoms with Crippen molar-refractivity contribution in [2.24, 2.45) is 11.7 Å². The van der Waals surface area contributed by atoms with E-state index >= 15 is 0 Å². The zero-order valence-electron chi connectivity index (χ0n) is 12.7. The van der Waals surface area contributed by atoms with Crippen LogP contribution in [0.2, 0.25) is 0 Å². The number of pyridine rings is 1. The number of likely N-dealkylation sites (tertiary alicyclic amines) is 1. The van der Waals surface area contributed by atoms with Crippen molar-refractivity contribution in [3.05, 3.63) is 41.6 Å². The minimum atomic E-state index is 0.136. The minimum Gasteiger partial charge on any atom is -0.338 e. The Morgan fingerprint density at radius 1 is 1.27 bits per heavy atom. The van der Waals surface area contributed by atoms with Gasteiger partial charge in [0.05, 0.1) is 11.1 Å². The van der Waals surface area contributed by atoms with E-state index in [-0.39, 0.29) is 5.91 Å². The lowest BCUT2D eigenvalue weighted by Gasteiger charge is -2.18. The maximum absolute atomic E-state index is 13.0. The molecule has 114 valence electrons. The monoisotopic (exact) mass is 295 g/mol. The van der Waals surface area contributed by atoms with Crippen LogP contribution < -0.4 is 5.73 Å². The quantitative estimate of drug-likeness (QED) is 0.946. The Bertz CT molecular complexity index is 723. The summed E-state index contributed by atoms with van der Waals surface area (Å²) in [6.07, 6.45) is 3.40. The largest absolute Gasteiger partial charge is 0.338 e. The fraction of sp³-hybridized carbons (Fsp3) is 0.444. The molecule has 1 saturated heterocycles. The van der Waals surface area contributed by atoms with Crippen molar-refractivity contribution in [2.75, 3.05) is 19.6 Å². The summed E-state index contributed by atoms with van der Waals surface area (Å²) in [5.41, 5.74) is 8.58. The van der Waals surface area contributed by atoms with E-state index in [4.69, 9.17) is 10.7 Å². The molecular weight excluding hydrogens is 274 g/mol. The lowest BCUT2D eigenvalue weighted by molar-refractivity contribution is 0.0789. The summed E-state index contributed by atoms with van der Waals surface area (Å²) in [7, 11) is 0. The SMILES string of the molecule is NCC1CCN(C(=O)c2cc(C3CC3)nc3ccccc23)C1. The maximum atomic E-state index is 13.0. The summed E-state index contributed by atoms with van der Waals surface area (Å²) in [6.45, 7) is 2.26. The minimum absolute atomic E-state index is 0.136. The second-order valence-electron chi connectivity index (χ2n) is 6.53. The Kier molecular flexibility index (Phi) is 3.34. The molecule has 1 aromatic carbocycles. The molecular formula is C18H21N3O. The Balaban J connectivity index is 1.74. The van der Waals surface area contributed by atoms with E-state index in [0.29, 0.717) is 18.4 Å². The number of para-hydroxylation sites is 1. The van der Waals surface area contributed by atoms with E-state index < -0.39 is 0 Å². The maximum Gasteiger partial charge on any atom is 0.254 e. The third-order valence-electron chi connectivity index (χ3n) is 4.87. The van der Waals surface area contributed by atoms with Crippen LogP contribution in [-0.4, -0.2) is 35.4 Å². The van der Waals surface area contributed by atoms with Crippen molar-refractivity contribution in [1.29, 1.82) is 0 Å². The molecule has 1 unspecified atom stereocenters. The number of carbonyl (C=O) groups is 1. The average molecular weight is 295 g/mol. The molecule has 22 heavy (non-hydrogen) atoms. The van der Waals surface area contributed by atoms with Gasteiger partial charge in [0.2, 0.25) is 0 Å². The number of hydrogen-bond acceptors (Lipinski definition) is 3. The molecule has 0 bridgehead atoms. The number of nitrogens with two attached hydrogens (primary N) is 1. The van der Waals surface area contributed by atoms with Crippen LogP contribution in [0.4, 0.5) is 0 Å². The summed E-state index contributed by atoms with van der Waals surface area (Å²) in [5.74, 6) is 1.13. The highest BCUT2D eigenvalue weighted by Crippen LogP contribution is 2.40. The number of carbonyl (C=O) groups excluding carboxylic acids is 1. The van der Waals surface area contributed by atoms with E-state index in [2.05, 4.69) is 0 Å². The summed E-state index contributed by atoms with van der Waals surface area (Å²) in [5, 5.41) is 0.966. The Morgan fingerprint density at radius 3 is 2.82 bits per heavy atom. The molecule has 4 rings (SSSR count). The van der Waals surface area contributed by atoms with Crippen LogP contribution in [0.1, 0.15) is 41.2 Å². The Hall–Kier alpha value is -1.94. The van der Waals surface area contributed by atoms with Gasteiger partial charge in [-0.2, -0.15) is 0 Å². The van der Waals surface area contributed by atoms with Crippen LogP contribution >= 0.6 is 0 Å². The second-order valence-corrected chi connectivity index (χ2v) is 6.53. The van der Waals surface area contributed by atoms with E-state index in [9.17, 15) is 4.79 Å². The molecule has 1 saturated carbocycles. The number of rotatable bonds is 3. The van der Waals surface area contributed by atoms with Crippen LogP contribution in [-0.2, 0) is 0 Å². The summed E-state index contributed by atoms with van der Waals surface area (Å²) in [4.78, 5) is 19.7. The predicted molar refractivity (Wildman–Crippen MR) is 86.8 cm³/mol. The van der Waals surface area contributed by atoms with Gasteiger partial charge in [0.1, 0.15) is 0 Å². The number of aromatic nitrogens is 1. The number of fused-ring (bicyclic) bond motifs is 1. The van der Waals surface area contributed by atoms with Gasteiger partial charge in [0.15, 0.2) is 0 Å². The highest BCUT2D eigenvalue weighted by molar-refractivity contribution is 6.06.